The summed E-state index contributed by atoms with van der Waals surface area (Å²) < 4.78 is 65.3. The molecule has 21 heavy (non-hydrogen) atoms. The lowest BCUT2D eigenvalue weighted by molar-refractivity contribution is -0.916. The number of likely N-dealkylation sites (N-methyl/N-ethyl adjacent to an activating group) is 1. The first-order chi connectivity index (χ1) is 9.52. The quantitative estimate of drug-likeness (QED) is 0.189. The minimum Gasteiger partial charge on any atom is -0.741 e. The molecule has 0 aromatic rings. The smallest absolute Gasteiger partial charge is 0.485 e. The number of aliphatic imine (C=N–C) groups is 1. The van der Waals surface area contributed by atoms with Crippen LogP contribution in [-0.2, 0) is 14.9 Å². The van der Waals surface area contributed by atoms with Crippen LogP contribution in [0.15, 0.2) is 4.99 Å². The number of ether oxygens (including phenoxy) is 1. The van der Waals surface area contributed by atoms with Crippen molar-refractivity contribution >= 4 is 27.5 Å². The summed E-state index contributed by atoms with van der Waals surface area (Å²) in [6.45, 7) is 6.03. The third-order valence-electron chi connectivity index (χ3n) is 2.87. The lowest BCUT2D eigenvalue weighted by atomic mass is 10.3. The Morgan fingerprint density at radius 2 is 1.86 bits per heavy atom. The first kappa shape index (κ1) is 20.4. The van der Waals surface area contributed by atoms with Gasteiger partial charge < -0.3 is 13.8 Å². The van der Waals surface area contributed by atoms with Gasteiger partial charge in [-0.3, -0.25) is 0 Å². The van der Waals surface area contributed by atoms with Crippen LogP contribution in [-0.4, -0.2) is 74.6 Å². The molecule has 1 rings (SSSR count). The second-order valence-corrected chi connectivity index (χ2v) is 6.18. The van der Waals surface area contributed by atoms with Crippen molar-refractivity contribution in [3.05, 3.63) is 0 Å². The molecule has 0 aromatic carbocycles. The van der Waals surface area contributed by atoms with E-state index in [1.807, 2.05) is 0 Å². The SMILES string of the molecule is C[N+]1(CCCN=C=S)CCOCC1.O=S(=O)([O-])C(F)(F)F. The van der Waals surface area contributed by atoms with Gasteiger partial charge in [0, 0.05) is 6.42 Å². The number of halogens is 3. The van der Waals surface area contributed by atoms with Gasteiger partial charge in [0.25, 0.3) is 0 Å². The molecule has 0 aromatic heterocycles. The Bertz CT molecular complexity index is 455. The highest BCUT2D eigenvalue weighted by Crippen LogP contribution is 2.20. The summed E-state index contributed by atoms with van der Waals surface area (Å²) >= 11 is 4.51. The maximum absolute atomic E-state index is 10.7. The zero-order valence-corrected chi connectivity index (χ0v) is 13.1. The van der Waals surface area contributed by atoms with E-state index in [1.165, 1.54) is 6.54 Å². The Labute approximate surface area is 126 Å². The lowest BCUT2D eigenvalue weighted by Gasteiger charge is -2.37. The molecular formula is C10H17F3N2O4S2. The molecular weight excluding hydrogens is 333 g/mol. The van der Waals surface area contributed by atoms with Crippen molar-refractivity contribution < 1.29 is 35.4 Å². The molecule has 0 spiro atoms. The van der Waals surface area contributed by atoms with E-state index < -0.39 is 15.6 Å². The average molecular weight is 350 g/mol. The summed E-state index contributed by atoms with van der Waals surface area (Å²) in [7, 11) is -3.81. The minimum absolute atomic E-state index is 0.818. The largest absolute Gasteiger partial charge is 0.741 e. The summed E-state index contributed by atoms with van der Waals surface area (Å²) in [5.74, 6) is 0. The summed E-state index contributed by atoms with van der Waals surface area (Å²) in [5.41, 5.74) is -5.65. The maximum atomic E-state index is 10.7. The molecule has 0 atom stereocenters. The minimum atomic E-state index is -6.09. The summed E-state index contributed by atoms with van der Waals surface area (Å²) in [6, 6.07) is 0. The number of hydrogen-bond donors (Lipinski definition) is 0. The third kappa shape index (κ3) is 9.12. The van der Waals surface area contributed by atoms with Crippen molar-refractivity contribution in [3.8, 4) is 0 Å². The molecule has 1 fully saturated rings. The van der Waals surface area contributed by atoms with Crippen LogP contribution in [0.25, 0.3) is 0 Å². The topological polar surface area (TPSA) is 78.8 Å². The zero-order chi connectivity index (χ0) is 16.6. The molecule has 1 heterocycles. The second kappa shape index (κ2) is 8.76. The molecule has 124 valence electrons. The van der Waals surface area contributed by atoms with Gasteiger partial charge in [-0.25, -0.2) is 13.4 Å². The number of quaternary nitrogens is 1. The first-order valence-corrected chi connectivity index (χ1v) is 7.80. The van der Waals surface area contributed by atoms with Gasteiger partial charge in [0.2, 0.25) is 0 Å². The molecule has 1 saturated heterocycles. The molecule has 0 amide bonds. The molecule has 0 bridgehead atoms. The highest BCUT2D eigenvalue weighted by Gasteiger charge is 2.36. The number of thiocarbonyl (C=S) groups is 1. The van der Waals surface area contributed by atoms with Gasteiger partial charge in [-0.1, -0.05) is 0 Å². The van der Waals surface area contributed by atoms with Crippen LogP contribution in [0.4, 0.5) is 13.2 Å². The van der Waals surface area contributed by atoms with E-state index in [2.05, 4.69) is 29.4 Å². The lowest BCUT2D eigenvalue weighted by Crippen LogP contribution is -2.52. The Morgan fingerprint density at radius 3 is 2.24 bits per heavy atom. The van der Waals surface area contributed by atoms with Crippen LogP contribution in [0, 0.1) is 0 Å². The number of alkyl halides is 3. The van der Waals surface area contributed by atoms with Crippen LogP contribution in [0.2, 0.25) is 0 Å². The molecule has 0 saturated carbocycles. The summed E-state index contributed by atoms with van der Waals surface area (Å²) in [4.78, 5) is 3.91. The fourth-order valence-corrected chi connectivity index (χ4v) is 1.68. The van der Waals surface area contributed by atoms with E-state index >= 15 is 0 Å². The first-order valence-electron chi connectivity index (χ1n) is 5.99. The van der Waals surface area contributed by atoms with E-state index in [-0.39, 0.29) is 0 Å². The maximum Gasteiger partial charge on any atom is 0.485 e. The van der Waals surface area contributed by atoms with Crippen LogP contribution < -0.4 is 0 Å². The van der Waals surface area contributed by atoms with E-state index in [4.69, 9.17) is 17.7 Å². The van der Waals surface area contributed by atoms with Crippen LogP contribution in [0.1, 0.15) is 6.42 Å². The van der Waals surface area contributed by atoms with Gasteiger partial charge in [0.1, 0.15) is 13.1 Å². The third-order valence-corrected chi connectivity index (χ3v) is 3.56. The van der Waals surface area contributed by atoms with Crippen molar-refractivity contribution in [2.75, 3.05) is 46.4 Å². The van der Waals surface area contributed by atoms with Crippen molar-refractivity contribution in [1.82, 2.24) is 0 Å². The highest BCUT2D eigenvalue weighted by atomic mass is 32.2. The van der Waals surface area contributed by atoms with E-state index in [9.17, 15) is 13.2 Å². The Hall–Kier alpha value is -0.580. The van der Waals surface area contributed by atoms with Gasteiger partial charge in [-0.05, 0) is 12.2 Å². The predicted molar refractivity (Wildman–Crippen MR) is 71.9 cm³/mol. The Balaban J connectivity index is 0.000000433. The van der Waals surface area contributed by atoms with Crippen molar-refractivity contribution in [1.29, 1.82) is 0 Å². The summed E-state index contributed by atoms with van der Waals surface area (Å²) in [6.07, 6.45) is 1.10. The molecule has 1 aliphatic heterocycles. The van der Waals surface area contributed by atoms with E-state index in [0.29, 0.717) is 0 Å². The normalized spacial score (nSPS) is 18.1. The Kier molecular flexibility index (Phi) is 8.52. The number of nitrogens with zero attached hydrogens (tertiary/aromatic N) is 2. The van der Waals surface area contributed by atoms with Gasteiger partial charge in [-0.2, -0.15) is 13.2 Å². The van der Waals surface area contributed by atoms with Crippen LogP contribution >= 0.6 is 12.2 Å². The van der Waals surface area contributed by atoms with Crippen molar-refractivity contribution in [2.45, 2.75) is 11.9 Å². The monoisotopic (exact) mass is 350 g/mol. The number of rotatable bonds is 4. The van der Waals surface area contributed by atoms with Gasteiger partial charge in [0.05, 0.1) is 38.5 Å². The molecule has 0 aliphatic carbocycles. The molecule has 11 heteroatoms. The van der Waals surface area contributed by atoms with Gasteiger partial charge >= 0.3 is 5.51 Å². The fraction of sp³-hybridized carbons (Fsp3) is 0.900. The van der Waals surface area contributed by atoms with E-state index in [0.717, 1.165) is 43.8 Å². The second-order valence-electron chi connectivity index (χ2n) is 4.63. The van der Waals surface area contributed by atoms with E-state index in [1.54, 1.807) is 0 Å². The standard InChI is InChI=1S/C9H17N2OS.CHF3O3S/c1-11(4-2-3-10-9-13)5-7-12-8-6-11;2-1(3,4)8(5,6)7/h2-8H2,1H3;(H,5,6,7)/q+1;/p-1. The number of isothiocyanates is 1. The highest BCUT2D eigenvalue weighted by molar-refractivity contribution is 7.86. The van der Waals surface area contributed by atoms with Crippen molar-refractivity contribution in [3.63, 3.8) is 0 Å². The zero-order valence-electron chi connectivity index (χ0n) is 11.4. The molecule has 1 aliphatic rings. The molecule has 0 unspecified atom stereocenters. The molecule has 6 nitrogen and oxygen atoms in total. The van der Waals surface area contributed by atoms with Crippen molar-refractivity contribution in [2.24, 2.45) is 4.99 Å². The van der Waals surface area contributed by atoms with Crippen LogP contribution in [0.5, 0.6) is 0 Å². The van der Waals surface area contributed by atoms with Gasteiger partial charge in [-0.15, -0.1) is 0 Å². The number of morpholine rings is 1. The number of hydrogen-bond acceptors (Lipinski definition) is 6. The molecule has 0 radical (unpaired) electrons. The predicted octanol–water partition coefficient (Wildman–Crippen LogP) is 1.01. The molecule has 0 N–H and O–H groups in total. The van der Waals surface area contributed by atoms with Crippen LogP contribution in [0.3, 0.4) is 0 Å². The summed E-state index contributed by atoms with van der Waals surface area (Å²) in [5, 5.41) is 2.39. The average Bonchev–Trinajstić information content (AvgIpc) is 2.34. The fourth-order valence-electron chi connectivity index (χ4n) is 1.58. The van der Waals surface area contributed by atoms with Gasteiger partial charge in [0.15, 0.2) is 10.1 Å². The Morgan fingerprint density at radius 1 is 1.38 bits per heavy atom.